The summed E-state index contributed by atoms with van der Waals surface area (Å²) in [5, 5.41) is 0. The molecule has 1 aromatic rings. The molecule has 1 aromatic carbocycles. The fourth-order valence-corrected chi connectivity index (χ4v) is 0.763. The van der Waals surface area contributed by atoms with Crippen LogP contribution >= 0.6 is 0 Å². The van der Waals surface area contributed by atoms with Crippen molar-refractivity contribution in [3.05, 3.63) is 67.8 Å². The Morgan fingerprint density at radius 1 is 1.24 bits per heavy atom. The van der Waals surface area contributed by atoms with Gasteiger partial charge in [-0.25, -0.2) is 4.79 Å². The van der Waals surface area contributed by atoms with Crippen LogP contribution in [0.2, 0.25) is 0 Å². The van der Waals surface area contributed by atoms with Crippen molar-refractivity contribution in [2.24, 2.45) is 0 Å². The molecule has 2 nitrogen and oxygen atoms in total. The van der Waals surface area contributed by atoms with Crippen molar-refractivity contribution >= 4 is 12.0 Å². The van der Waals surface area contributed by atoms with Gasteiger partial charge in [0.2, 0.25) is 0 Å². The molecular formula is C15H20O2. The molecule has 0 bridgehead atoms. The Hall–Kier alpha value is -2.09. The largest absolute Gasteiger partial charge is 0.466 e. The van der Waals surface area contributed by atoms with E-state index in [1.165, 1.54) is 12.7 Å². The second-order valence-corrected chi connectivity index (χ2v) is 2.89. The summed E-state index contributed by atoms with van der Waals surface area (Å²) in [5.74, 6) is -0.347. The van der Waals surface area contributed by atoms with E-state index in [4.69, 9.17) is 0 Å². The first-order valence-electron chi connectivity index (χ1n) is 5.03. The average molecular weight is 232 g/mol. The quantitative estimate of drug-likeness (QED) is 0.439. The summed E-state index contributed by atoms with van der Waals surface area (Å²) in [4.78, 5) is 10.2. The van der Waals surface area contributed by atoms with Crippen molar-refractivity contribution in [2.45, 2.75) is 6.92 Å². The van der Waals surface area contributed by atoms with Gasteiger partial charge in [0.1, 0.15) is 0 Å². The van der Waals surface area contributed by atoms with Gasteiger partial charge in [-0.1, -0.05) is 49.6 Å². The van der Waals surface area contributed by atoms with Crippen LogP contribution in [0.5, 0.6) is 0 Å². The molecule has 0 N–H and O–H groups in total. The van der Waals surface area contributed by atoms with E-state index in [9.17, 15) is 4.79 Å². The number of hydrogen-bond acceptors (Lipinski definition) is 2. The normalized spacial score (nSPS) is 7.41. The van der Waals surface area contributed by atoms with Crippen molar-refractivity contribution in [1.82, 2.24) is 0 Å². The van der Waals surface area contributed by atoms with E-state index in [0.717, 1.165) is 0 Å². The minimum Gasteiger partial charge on any atom is -0.466 e. The summed E-state index contributed by atoms with van der Waals surface area (Å²) in [6.07, 6.45) is 1.83. The third-order valence-corrected chi connectivity index (χ3v) is 1.57. The SMILES string of the molecule is C=C.C=C(C)C(=O)OC.C=Cc1ccccc1. The highest BCUT2D eigenvalue weighted by molar-refractivity contribution is 5.86. The van der Waals surface area contributed by atoms with E-state index in [2.05, 4.69) is 31.1 Å². The molecule has 0 unspecified atom stereocenters. The van der Waals surface area contributed by atoms with Crippen LogP contribution in [0.25, 0.3) is 6.08 Å². The van der Waals surface area contributed by atoms with E-state index >= 15 is 0 Å². The topological polar surface area (TPSA) is 26.3 Å². The number of esters is 1. The highest BCUT2D eigenvalue weighted by Crippen LogP contribution is 1.97. The minimum atomic E-state index is -0.347. The maximum Gasteiger partial charge on any atom is 0.332 e. The first-order chi connectivity index (χ1) is 8.11. The Morgan fingerprint density at radius 3 is 1.88 bits per heavy atom. The van der Waals surface area contributed by atoms with Gasteiger partial charge in [-0.05, 0) is 12.5 Å². The monoisotopic (exact) mass is 232 g/mol. The van der Waals surface area contributed by atoms with Crippen molar-refractivity contribution in [1.29, 1.82) is 0 Å². The number of ether oxygens (including phenoxy) is 1. The summed E-state index contributed by atoms with van der Waals surface area (Å²) in [6.45, 7) is 14.6. The highest BCUT2D eigenvalue weighted by Gasteiger charge is 1.95. The molecule has 17 heavy (non-hydrogen) atoms. The van der Waals surface area contributed by atoms with Gasteiger partial charge in [-0.15, -0.1) is 13.2 Å². The van der Waals surface area contributed by atoms with Crippen LogP contribution in [-0.4, -0.2) is 13.1 Å². The lowest BCUT2D eigenvalue weighted by Gasteiger charge is -1.91. The molecule has 0 fully saturated rings. The molecule has 92 valence electrons. The first kappa shape index (κ1) is 17.3. The average Bonchev–Trinajstić information content (AvgIpc) is 2.41. The number of carbonyl (C=O) groups excluding carboxylic acids is 1. The van der Waals surface area contributed by atoms with E-state index < -0.39 is 0 Å². The van der Waals surface area contributed by atoms with Crippen LogP contribution in [0.4, 0.5) is 0 Å². The second-order valence-electron chi connectivity index (χ2n) is 2.89. The zero-order valence-corrected chi connectivity index (χ0v) is 10.6. The van der Waals surface area contributed by atoms with Crippen molar-refractivity contribution in [3.8, 4) is 0 Å². The molecule has 0 aliphatic carbocycles. The van der Waals surface area contributed by atoms with Gasteiger partial charge in [0, 0.05) is 5.57 Å². The van der Waals surface area contributed by atoms with Crippen LogP contribution in [-0.2, 0) is 9.53 Å². The summed E-state index contributed by atoms with van der Waals surface area (Å²) >= 11 is 0. The molecule has 0 aromatic heterocycles. The van der Waals surface area contributed by atoms with Crippen LogP contribution < -0.4 is 0 Å². The smallest absolute Gasteiger partial charge is 0.332 e. The molecule has 0 spiro atoms. The lowest BCUT2D eigenvalue weighted by molar-refractivity contribution is -0.136. The third kappa shape index (κ3) is 10.2. The van der Waals surface area contributed by atoms with Crippen molar-refractivity contribution in [3.63, 3.8) is 0 Å². The Bertz CT molecular complexity index is 339. The molecule has 1 rings (SSSR count). The second kappa shape index (κ2) is 12.0. The predicted octanol–water partition coefficient (Wildman–Crippen LogP) is 3.87. The Balaban J connectivity index is 0. The summed E-state index contributed by atoms with van der Waals surface area (Å²) in [5.41, 5.74) is 1.61. The molecule has 0 radical (unpaired) electrons. The predicted molar refractivity (Wildman–Crippen MR) is 74.6 cm³/mol. The van der Waals surface area contributed by atoms with E-state index in [1.807, 2.05) is 36.4 Å². The number of methoxy groups -OCH3 is 1. The zero-order valence-electron chi connectivity index (χ0n) is 10.6. The summed E-state index contributed by atoms with van der Waals surface area (Å²) < 4.78 is 4.27. The lowest BCUT2D eigenvalue weighted by atomic mass is 10.2. The Morgan fingerprint density at radius 2 is 1.71 bits per heavy atom. The van der Waals surface area contributed by atoms with E-state index in [-0.39, 0.29) is 5.97 Å². The number of hydrogen-bond donors (Lipinski definition) is 0. The third-order valence-electron chi connectivity index (χ3n) is 1.57. The van der Waals surface area contributed by atoms with Crippen LogP contribution in [0.1, 0.15) is 12.5 Å². The molecule has 0 saturated heterocycles. The fourth-order valence-electron chi connectivity index (χ4n) is 0.763. The molecule has 0 saturated carbocycles. The van der Waals surface area contributed by atoms with Crippen LogP contribution in [0, 0.1) is 0 Å². The van der Waals surface area contributed by atoms with Crippen LogP contribution in [0.3, 0.4) is 0 Å². The Labute approximate surface area is 104 Å². The summed E-state index contributed by atoms with van der Waals surface area (Å²) in [7, 11) is 1.33. The standard InChI is InChI=1S/C8H8.C5H8O2.C2H4/c1-2-8-6-4-3-5-7-8;1-4(2)5(6)7-3;1-2/h2-7H,1H2;1H2,2-3H3;1-2H2. The highest BCUT2D eigenvalue weighted by atomic mass is 16.5. The van der Waals surface area contributed by atoms with Gasteiger partial charge in [0.05, 0.1) is 7.11 Å². The fraction of sp³-hybridized carbons (Fsp3) is 0.133. The molecule has 0 aliphatic heterocycles. The molecular weight excluding hydrogens is 212 g/mol. The zero-order chi connectivity index (χ0) is 13.7. The number of carbonyl (C=O) groups is 1. The molecule has 0 heterocycles. The van der Waals surface area contributed by atoms with Crippen LogP contribution in [0.15, 0.2) is 62.2 Å². The first-order valence-corrected chi connectivity index (χ1v) is 5.03. The maximum atomic E-state index is 10.2. The van der Waals surface area contributed by atoms with E-state index in [1.54, 1.807) is 6.92 Å². The molecule has 2 heteroatoms. The summed E-state index contributed by atoms with van der Waals surface area (Å²) in [6, 6.07) is 10.0. The van der Waals surface area contributed by atoms with Gasteiger partial charge >= 0.3 is 5.97 Å². The van der Waals surface area contributed by atoms with Gasteiger partial charge in [-0.2, -0.15) is 0 Å². The van der Waals surface area contributed by atoms with E-state index in [0.29, 0.717) is 5.57 Å². The Kier molecular flexibility index (Phi) is 12.2. The van der Waals surface area contributed by atoms with Gasteiger partial charge in [-0.3, -0.25) is 0 Å². The lowest BCUT2D eigenvalue weighted by Crippen LogP contribution is -1.98. The molecule has 0 amide bonds. The van der Waals surface area contributed by atoms with Gasteiger partial charge in [0.25, 0.3) is 0 Å². The maximum absolute atomic E-state index is 10.2. The molecule has 0 atom stereocenters. The minimum absolute atomic E-state index is 0.347. The van der Waals surface area contributed by atoms with Crippen molar-refractivity contribution in [2.75, 3.05) is 7.11 Å². The molecule has 0 aliphatic rings. The number of rotatable bonds is 2. The van der Waals surface area contributed by atoms with Gasteiger partial charge in [0.15, 0.2) is 0 Å². The van der Waals surface area contributed by atoms with Gasteiger partial charge < -0.3 is 4.74 Å². The van der Waals surface area contributed by atoms with Crippen molar-refractivity contribution < 1.29 is 9.53 Å². The number of benzene rings is 1.